The maximum absolute atomic E-state index is 9.48. The first kappa shape index (κ1) is 13.9. The number of phenols is 1. The normalized spacial score (nSPS) is 29.3. The molecule has 0 saturated carbocycles. The molecule has 2 heterocycles. The number of hydrogen-bond donors (Lipinski definition) is 1. The van der Waals surface area contributed by atoms with Crippen molar-refractivity contribution in [2.75, 3.05) is 19.6 Å². The summed E-state index contributed by atoms with van der Waals surface area (Å²) in [4.78, 5) is 5.35. The molecule has 1 aromatic carbocycles. The summed E-state index contributed by atoms with van der Waals surface area (Å²) in [5.41, 5.74) is 1.34. The minimum absolute atomic E-state index is 0.359. The molecule has 0 radical (unpaired) electrons. The Bertz CT molecular complexity index is 445. The van der Waals surface area contributed by atoms with Crippen molar-refractivity contribution in [1.29, 1.82) is 0 Å². The number of fused-ring (bicyclic) bond motifs is 1. The van der Waals surface area contributed by atoms with Crippen molar-refractivity contribution in [3.05, 3.63) is 29.8 Å². The lowest BCUT2D eigenvalue weighted by molar-refractivity contribution is 0.0258. The van der Waals surface area contributed by atoms with Crippen LogP contribution in [-0.2, 0) is 0 Å². The van der Waals surface area contributed by atoms with Gasteiger partial charge < -0.3 is 5.11 Å². The Balaban J connectivity index is 1.79. The standard InChI is InChI=1S/C17H26N2O/c1-3-17(14-6-8-16(20)9-7-14)19-12-15-5-4-10-18(15)11-13(19)2/h6-9,13,15,17,20H,3-5,10-12H2,1-2H3. The molecule has 3 rings (SSSR count). The van der Waals surface area contributed by atoms with E-state index in [2.05, 4.69) is 35.8 Å². The second-order valence-corrected chi connectivity index (χ2v) is 6.35. The van der Waals surface area contributed by atoms with E-state index < -0.39 is 0 Å². The van der Waals surface area contributed by atoms with Crippen LogP contribution in [0.1, 0.15) is 44.7 Å². The van der Waals surface area contributed by atoms with Gasteiger partial charge in [-0.1, -0.05) is 19.1 Å². The van der Waals surface area contributed by atoms with Crippen LogP contribution in [0.5, 0.6) is 5.75 Å². The zero-order valence-corrected chi connectivity index (χ0v) is 12.6. The Morgan fingerprint density at radius 3 is 2.70 bits per heavy atom. The summed E-state index contributed by atoms with van der Waals surface area (Å²) < 4.78 is 0. The predicted octanol–water partition coefficient (Wildman–Crippen LogP) is 3.01. The molecule has 0 bridgehead atoms. The second-order valence-electron chi connectivity index (χ2n) is 6.35. The van der Waals surface area contributed by atoms with E-state index in [9.17, 15) is 5.11 Å². The van der Waals surface area contributed by atoms with Gasteiger partial charge in [-0.05, 0) is 50.4 Å². The minimum atomic E-state index is 0.359. The van der Waals surface area contributed by atoms with Crippen LogP contribution in [0.3, 0.4) is 0 Å². The zero-order valence-electron chi connectivity index (χ0n) is 12.6. The predicted molar refractivity (Wildman–Crippen MR) is 81.9 cm³/mol. The maximum Gasteiger partial charge on any atom is 0.115 e. The molecule has 20 heavy (non-hydrogen) atoms. The van der Waals surface area contributed by atoms with Gasteiger partial charge in [0.25, 0.3) is 0 Å². The lowest BCUT2D eigenvalue weighted by atomic mass is 9.97. The lowest BCUT2D eigenvalue weighted by Gasteiger charge is -2.46. The fourth-order valence-electron chi connectivity index (χ4n) is 4.00. The van der Waals surface area contributed by atoms with Gasteiger partial charge in [-0.15, -0.1) is 0 Å². The summed E-state index contributed by atoms with van der Waals surface area (Å²) in [6.07, 6.45) is 3.85. The van der Waals surface area contributed by atoms with Gasteiger partial charge in [0.15, 0.2) is 0 Å². The van der Waals surface area contributed by atoms with Crippen molar-refractivity contribution in [2.45, 2.75) is 51.2 Å². The fraction of sp³-hybridized carbons (Fsp3) is 0.647. The van der Waals surface area contributed by atoms with E-state index in [4.69, 9.17) is 0 Å². The highest BCUT2D eigenvalue weighted by atomic mass is 16.3. The van der Waals surface area contributed by atoms with Crippen LogP contribution in [-0.4, -0.2) is 46.6 Å². The van der Waals surface area contributed by atoms with Crippen molar-refractivity contribution in [1.82, 2.24) is 9.80 Å². The molecule has 0 aromatic heterocycles. The number of rotatable bonds is 3. The summed E-state index contributed by atoms with van der Waals surface area (Å²) in [6.45, 7) is 8.32. The average Bonchev–Trinajstić information content (AvgIpc) is 2.89. The van der Waals surface area contributed by atoms with E-state index in [1.807, 2.05) is 12.1 Å². The molecule has 0 spiro atoms. The molecular weight excluding hydrogens is 248 g/mol. The first-order chi connectivity index (χ1) is 9.69. The molecule has 2 aliphatic heterocycles. The molecule has 2 aliphatic rings. The number of hydrogen-bond acceptors (Lipinski definition) is 3. The van der Waals surface area contributed by atoms with E-state index in [0.29, 0.717) is 17.8 Å². The summed E-state index contributed by atoms with van der Waals surface area (Å²) in [6, 6.07) is 9.64. The quantitative estimate of drug-likeness (QED) is 0.918. The third kappa shape index (κ3) is 2.57. The van der Waals surface area contributed by atoms with E-state index in [1.165, 1.54) is 38.0 Å². The van der Waals surface area contributed by atoms with Crippen molar-refractivity contribution in [3.8, 4) is 5.75 Å². The highest BCUT2D eigenvalue weighted by Gasteiger charge is 2.37. The van der Waals surface area contributed by atoms with Gasteiger partial charge in [0, 0.05) is 31.2 Å². The fourth-order valence-corrected chi connectivity index (χ4v) is 4.00. The third-order valence-corrected chi connectivity index (χ3v) is 5.05. The molecule has 2 saturated heterocycles. The lowest BCUT2D eigenvalue weighted by Crippen LogP contribution is -2.55. The molecule has 3 atom stereocenters. The molecule has 110 valence electrons. The first-order valence-corrected chi connectivity index (χ1v) is 7.97. The van der Waals surface area contributed by atoms with Crippen LogP contribution in [0.2, 0.25) is 0 Å². The number of aromatic hydroxyl groups is 1. The first-order valence-electron chi connectivity index (χ1n) is 7.97. The Morgan fingerprint density at radius 1 is 1.25 bits per heavy atom. The number of phenolic OH excluding ortho intramolecular Hbond substituents is 1. The Hall–Kier alpha value is -1.06. The van der Waals surface area contributed by atoms with Crippen LogP contribution in [0.25, 0.3) is 0 Å². The molecule has 0 aliphatic carbocycles. The van der Waals surface area contributed by atoms with Gasteiger partial charge in [-0.3, -0.25) is 9.80 Å². The van der Waals surface area contributed by atoms with Gasteiger partial charge in [0.2, 0.25) is 0 Å². The molecule has 2 fully saturated rings. The van der Waals surface area contributed by atoms with Crippen LogP contribution in [0.15, 0.2) is 24.3 Å². The minimum Gasteiger partial charge on any atom is -0.508 e. The number of piperazine rings is 1. The summed E-state index contributed by atoms with van der Waals surface area (Å²) >= 11 is 0. The average molecular weight is 274 g/mol. The SMILES string of the molecule is CCC(c1ccc(O)cc1)N1CC2CCCN2CC1C. The second kappa shape index (κ2) is 5.74. The summed E-state index contributed by atoms with van der Waals surface area (Å²) in [7, 11) is 0. The molecule has 1 aromatic rings. The molecule has 1 N–H and O–H groups in total. The van der Waals surface area contributed by atoms with Gasteiger partial charge in [0.05, 0.1) is 0 Å². The molecule has 3 unspecified atom stereocenters. The van der Waals surface area contributed by atoms with Crippen LogP contribution in [0.4, 0.5) is 0 Å². The molecule has 0 amide bonds. The Morgan fingerprint density at radius 2 is 2.00 bits per heavy atom. The molecule has 3 heteroatoms. The van der Waals surface area contributed by atoms with Gasteiger partial charge in [-0.25, -0.2) is 0 Å². The monoisotopic (exact) mass is 274 g/mol. The van der Waals surface area contributed by atoms with Crippen molar-refractivity contribution in [3.63, 3.8) is 0 Å². The smallest absolute Gasteiger partial charge is 0.115 e. The highest BCUT2D eigenvalue weighted by molar-refractivity contribution is 5.28. The summed E-state index contributed by atoms with van der Waals surface area (Å²) in [5, 5.41) is 9.48. The van der Waals surface area contributed by atoms with Crippen molar-refractivity contribution in [2.24, 2.45) is 0 Å². The van der Waals surface area contributed by atoms with E-state index in [-0.39, 0.29) is 0 Å². The van der Waals surface area contributed by atoms with E-state index >= 15 is 0 Å². The topological polar surface area (TPSA) is 26.7 Å². The van der Waals surface area contributed by atoms with Gasteiger partial charge in [-0.2, -0.15) is 0 Å². The van der Waals surface area contributed by atoms with E-state index in [0.717, 1.165) is 12.5 Å². The Kier molecular flexibility index (Phi) is 3.99. The van der Waals surface area contributed by atoms with Crippen LogP contribution in [0, 0.1) is 0 Å². The van der Waals surface area contributed by atoms with Crippen LogP contribution < -0.4 is 0 Å². The number of benzene rings is 1. The Labute approximate surface area is 122 Å². The number of nitrogens with zero attached hydrogens (tertiary/aromatic N) is 2. The van der Waals surface area contributed by atoms with Crippen molar-refractivity contribution >= 4 is 0 Å². The zero-order chi connectivity index (χ0) is 14.1. The van der Waals surface area contributed by atoms with E-state index in [1.54, 1.807) is 0 Å². The summed E-state index contributed by atoms with van der Waals surface area (Å²) in [5.74, 6) is 0.359. The maximum atomic E-state index is 9.48. The van der Waals surface area contributed by atoms with Gasteiger partial charge >= 0.3 is 0 Å². The van der Waals surface area contributed by atoms with Crippen LogP contribution >= 0.6 is 0 Å². The highest BCUT2D eigenvalue weighted by Crippen LogP contribution is 2.33. The largest absolute Gasteiger partial charge is 0.508 e. The third-order valence-electron chi connectivity index (χ3n) is 5.05. The van der Waals surface area contributed by atoms with Gasteiger partial charge in [0.1, 0.15) is 5.75 Å². The van der Waals surface area contributed by atoms with Crippen molar-refractivity contribution < 1.29 is 5.11 Å². The molecule has 3 nitrogen and oxygen atoms in total. The molecular formula is C17H26N2O.